The first-order valence-corrected chi connectivity index (χ1v) is 8.29. The molecule has 0 amide bonds. The Kier molecular flexibility index (Phi) is 3.65. The summed E-state index contributed by atoms with van der Waals surface area (Å²) in [6.45, 7) is 0.563. The molecule has 0 aliphatic carbocycles. The molecule has 1 aromatic heterocycles. The van der Waals surface area contributed by atoms with Gasteiger partial charge in [0.25, 0.3) is 0 Å². The van der Waals surface area contributed by atoms with Gasteiger partial charge < -0.3 is 10.1 Å². The van der Waals surface area contributed by atoms with Gasteiger partial charge in [-0.3, -0.25) is 0 Å². The van der Waals surface area contributed by atoms with E-state index in [1.165, 1.54) is 0 Å². The van der Waals surface area contributed by atoms with Crippen LogP contribution in [0.15, 0.2) is 47.5 Å². The molecule has 1 unspecified atom stereocenters. The van der Waals surface area contributed by atoms with Crippen molar-refractivity contribution in [3.8, 4) is 5.88 Å². The molecule has 5 nitrogen and oxygen atoms in total. The molecule has 21 heavy (non-hydrogen) atoms. The number of aromatic nitrogens is 1. The third-order valence-corrected chi connectivity index (χ3v) is 5.39. The Morgan fingerprint density at radius 1 is 1.33 bits per heavy atom. The third kappa shape index (κ3) is 2.77. The van der Waals surface area contributed by atoms with Crippen molar-refractivity contribution in [2.24, 2.45) is 0 Å². The Labute approximate surface area is 123 Å². The molecule has 1 aliphatic rings. The monoisotopic (exact) mass is 304 g/mol. The summed E-state index contributed by atoms with van der Waals surface area (Å²) < 4.78 is 29.3. The van der Waals surface area contributed by atoms with E-state index in [1.54, 1.807) is 25.4 Å². The van der Waals surface area contributed by atoms with Crippen LogP contribution < -0.4 is 10.1 Å². The number of sulfone groups is 1. The van der Waals surface area contributed by atoms with E-state index in [4.69, 9.17) is 4.74 Å². The second kappa shape index (κ2) is 5.46. The lowest BCUT2D eigenvalue weighted by molar-refractivity contribution is 0.397. The maximum absolute atomic E-state index is 12.1. The molecular formula is C15H16N2O3S. The fourth-order valence-corrected chi connectivity index (χ4v) is 4.30. The van der Waals surface area contributed by atoms with E-state index < -0.39 is 9.84 Å². The lowest BCUT2D eigenvalue weighted by atomic mass is 10.1. The zero-order chi connectivity index (χ0) is 14.9. The number of ether oxygens (including phenoxy) is 1. The third-order valence-electron chi connectivity index (χ3n) is 3.58. The van der Waals surface area contributed by atoms with Gasteiger partial charge >= 0.3 is 0 Å². The normalized spacial score (nSPS) is 19.2. The lowest BCUT2D eigenvalue weighted by Crippen LogP contribution is -2.22. The van der Waals surface area contributed by atoms with Crippen LogP contribution in [0.3, 0.4) is 0 Å². The summed E-state index contributed by atoms with van der Waals surface area (Å²) in [6, 6.07) is 10.7. The van der Waals surface area contributed by atoms with Gasteiger partial charge in [-0.25, -0.2) is 13.4 Å². The molecule has 0 fully saturated rings. The molecule has 110 valence electrons. The molecule has 1 N–H and O–H groups in total. The summed E-state index contributed by atoms with van der Waals surface area (Å²) in [7, 11) is -1.60. The molecule has 0 saturated heterocycles. The minimum absolute atomic E-state index is 0.106. The molecule has 1 aromatic carbocycles. The van der Waals surface area contributed by atoms with Crippen LogP contribution in [-0.2, 0) is 16.4 Å². The van der Waals surface area contributed by atoms with Crippen LogP contribution in [0.1, 0.15) is 17.2 Å². The first-order chi connectivity index (χ1) is 10.1. The summed E-state index contributed by atoms with van der Waals surface area (Å²) in [5, 5.41) is 3.30. The smallest absolute Gasteiger partial charge is 0.213 e. The minimum Gasteiger partial charge on any atom is -0.481 e. The van der Waals surface area contributed by atoms with Crippen LogP contribution in [0.5, 0.6) is 5.88 Å². The van der Waals surface area contributed by atoms with Crippen LogP contribution in [-0.4, -0.2) is 26.3 Å². The number of benzene rings is 1. The van der Waals surface area contributed by atoms with Gasteiger partial charge in [0.15, 0.2) is 9.84 Å². The highest BCUT2D eigenvalue weighted by molar-refractivity contribution is 7.91. The second-order valence-electron chi connectivity index (χ2n) is 4.96. The van der Waals surface area contributed by atoms with Gasteiger partial charge in [0.05, 0.1) is 17.8 Å². The predicted octanol–water partition coefficient (Wildman–Crippen LogP) is 1.71. The van der Waals surface area contributed by atoms with Gasteiger partial charge in [-0.1, -0.05) is 18.2 Å². The van der Waals surface area contributed by atoms with Crippen LogP contribution in [0, 0.1) is 0 Å². The standard InChI is InChI=1S/C15H16N2O3S/c1-20-15-8-11(6-7-16-15)9-17-13-10-21(18,19)14-5-3-2-4-12(13)14/h2-8,13,17H,9-10H2,1H3. The van der Waals surface area contributed by atoms with E-state index in [2.05, 4.69) is 10.3 Å². The van der Waals surface area contributed by atoms with Crippen molar-refractivity contribution in [1.29, 1.82) is 0 Å². The summed E-state index contributed by atoms with van der Waals surface area (Å²) in [6.07, 6.45) is 1.68. The molecule has 6 heteroatoms. The number of hydrogen-bond acceptors (Lipinski definition) is 5. The lowest BCUT2D eigenvalue weighted by Gasteiger charge is -2.12. The zero-order valence-corrected chi connectivity index (χ0v) is 12.4. The van der Waals surface area contributed by atoms with E-state index in [9.17, 15) is 8.42 Å². The van der Waals surface area contributed by atoms with Gasteiger partial charge in [0, 0.05) is 24.8 Å². The molecule has 0 spiro atoms. The van der Waals surface area contributed by atoms with Crippen molar-refractivity contribution in [2.45, 2.75) is 17.5 Å². The second-order valence-corrected chi connectivity index (χ2v) is 6.96. The quantitative estimate of drug-likeness (QED) is 0.931. The minimum atomic E-state index is -3.17. The van der Waals surface area contributed by atoms with Crippen LogP contribution >= 0.6 is 0 Å². The maximum Gasteiger partial charge on any atom is 0.213 e. The Hall–Kier alpha value is -1.92. The molecule has 1 aliphatic heterocycles. The number of methoxy groups -OCH3 is 1. The highest BCUT2D eigenvalue weighted by Gasteiger charge is 2.33. The highest BCUT2D eigenvalue weighted by atomic mass is 32.2. The highest BCUT2D eigenvalue weighted by Crippen LogP contribution is 2.33. The van der Waals surface area contributed by atoms with Gasteiger partial charge in [0.1, 0.15) is 0 Å². The largest absolute Gasteiger partial charge is 0.481 e. The molecule has 3 rings (SSSR count). The number of fused-ring (bicyclic) bond motifs is 1. The molecular weight excluding hydrogens is 288 g/mol. The zero-order valence-electron chi connectivity index (χ0n) is 11.6. The average Bonchev–Trinajstić information content (AvgIpc) is 2.77. The maximum atomic E-state index is 12.1. The van der Waals surface area contributed by atoms with Crippen molar-refractivity contribution in [2.75, 3.05) is 12.9 Å². The van der Waals surface area contributed by atoms with Gasteiger partial charge in [-0.2, -0.15) is 0 Å². The van der Waals surface area contributed by atoms with Crippen LogP contribution in [0.2, 0.25) is 0 Å². The van der Waals surface area contributed by atoms with Crippen molar-refractivity contribution in [3.63, 3.8) is 0 Å². The van der Waals surface area contributed by atoms with Crippen LogP contribution in [0.4, 0.5) is 0 Å². The molecule has 0 saturated carbocycles. The molecule has 1 atom stereocenters. The summed E-state index contributed by atoms with van der Waals surface area (Å²) >= 11 is 0. The Morgan fingerprint density at radius 3 is 2.95 bits per heavy atom. The fraction of sp³-hybridized carbons (Fsp3) is 0.267. The average molecular weight is 304 g/mol. The number of nitrogens with zero attached hydrogens (tertiary/aromatic N) is 1. The van der Waals surface area contributed by atoms with Gasteiger partial charge in [0.2, 0.25) is 5.88 Å². The summed E-state index contributed by atoms with van der Waals surface area (Å²) in [5.74, 6) is 0.655. The first-order valence-electron chi connectivity index (χ1n) is 6.64. The predicted molar refractivity (Wildman–Crippen MR) is 78.9 cm³/mol. The summed E-state index contributed by atoms with van der Waals surface area (Å²) in [4.78, 5) is 4.49. The topological polar surface area (TPSA) is 68.3 Å². The number of nitrogens with one attached hydrogen (secondary N) is 1. The van der Waals surface area contributed by atoms with Gasteiger partial charge in [-0.15, -0.1) is 0 Å². The van der Waals surface area contributed by atoms with E-state index in [0.29, 0.717) is 17.3 Å². The van der Waals surface area contributed by atoms with Crippen LogP contribution in [0.25, 0.3) is 0 Å². The summed E-state index contributed by atoms with van der Waals surface area (Å²) in [5.41, 5.74) is 1.85. The Morgan fingerprint density at radius 2 is 2.14 bits per heavy atom. The molecule has 2 heterocycles. The number of rotatable bonds is 4. The van der Waals surface area contributed by atoms with Crippen molar-refractivity contribution in [1.82, 2.24) is 10.3 Å². The fourth-order valence-electron chi connectivity index (χ4n) is 2.53. The van der Waals surface area contributed by atoms with Crippen molar-refractivity contribution < 1.29 is 13.2 Å². The molecule has 0 radical (unpaired) electrons. The van der Waals surface area contributed by atoms with E-state index in [0.717, 1.165) is 11.1 Å². The Balaban J connectivity index is 1.78. The van der Waals surface area contributed by atoms with Crippen molar-refractivity contribution >= 4 is 9.84 Å². The first kappa shape index (κ1) is 14.0. The Bertz CT molecular complexity index is 759. The van der Waals surface area contributed by atoms with E-state index >= 15 is 0 Å². The van der Waals surface area contributed by atoms with E-state index in [-0.39, 0.29) is 11.8 Å². The SMILES string of the molecule is COc1cc(CNC2CS(=O)(=O)c3ccccc32)ccn1. The number of pyridine rings is 1. The molecule has 0 bridgehead atoms. The molecule has 2 aromatic rings. The van der Waals surface area contributed by atoms with E-state index in [1.807, 2.05) is 24.3 Å². The number of hydrogen-bond donors (Lipinski definition) is 1. The van der Waals surface area contributed by atoms with Gasteiger partial charge in [-0.05, 0) is 23.3 Å². The van der Waals surface area contributed by atoms with Crippen molar-refractivity contribution in [3.05, 3.63) is 53.7 Å².